The zero-order valence-corrected chi connectivity index (χ0v) is 30.0. The van der Waals surface area contributed by atoms with Gasteiger partial charge in [-0.2, -0.15) is 0 Å². The lowest BCUT2D eigenvalue weighted by molar-refractivity contribution is 1.18. The first kappa shape index (κ1) is 31.3. The van der Waals surface area contributed by atoms with E-state index in [9.17, 15) is 0 Å². The number of hydrogen-bond acceptors (Lipinski definition) is 1. The van der Waals surface area contributed by atoms with Gasteiger partial charge in [-0.1, -0.05) is 140 Å². The summed E-state index contributed by atoms with van der Waals surface area (Å²) < 4.78 is 2.32. The second-order valence-electron chi connectivity index (χ2n) is 14.3. The first-order chi connectivity index (χ1) is 27.3. The first-order valence-electron chi connectivity index (χ1n) is 18.9. The van der Waals surface area contributed by atoms with Crippen LogP contribution in [0, 0.1) is 0 Å². The highest BCUT2D eigenvalue weighted by Gasteiger charge is 2.19. The maximum absolute atomic E-state index is 4.92. The molecule has 0 aliphatic heterocycles. The van der Waals surface area contributed by atoms with Gasteiger partial charge < -0.3 is 4.57 Å². The summed E-state index contributed by atoms with van der Waals surface area (Å²) in [6.07, 6.45) is 1.90. The Morgan fingerprint density at radius 2 is 0.873 bits per heavy atom. The summed E-state index contributed by atoms with van der Waals surface area (Å²) in [7, 11) is 0. The van der Waals surface area contributed by atoms with Crippen LogP contribution in [0.25, 0.3) is 104 Å². The van der Waals surface area contributed by atoms with Gasteiger partial charge in [0.15, 0.2) is 0 Å². The molecule has 55 heavy (non-hydrogen) atoms. The van der Waals surface area contributed by atoms with Crippen molar-refractivity contribution in [3.63, 3.8) is 0 Å². The fraction of sp³-hybridized carbons (Fsp3) is 0. The average Bonchev–Trinajstić information content (AvgIpc) is 3.59. The molecule has 11 rings (SSSR count). The van der Waals surface area contributed by atoms with Crippen LogP contribution in [0.2, 0.25) is 0 Å². The quantitative estimate of drug-likeness (QED) is 0.164. The monoisotopic (exact) mass is 698 g/mol. The summed E-state index contributed by atoms with van der Waals surface area (Å²) in [4.78, 5) is 4.92. The van der Waals surface area contributed by atoms with E-state index in [0.29, 0.717) is 0 Å². The summed E-state index contributed by atoms with van der Waals surface area (Å²) in [6, 6.07) is 72.9. The van der Waals surface area contributed by atoms with E-state index in [1.807, 2.05) is 12.3 Å². The van der Waals surface area contributed by atoms with Gasteiger partial charge in [-0.15, -0.1) is 0 Å². The molecule has 0 spiro atoms. The zero-order chi connectivity index (χ0) is 36.3. The summed E-state index contributed by atoms with van der Waals surface area (Å²) >= 11 is 0. The molecule has 0 N–H and O–H groups in total. The molecule has 0 aliphatic carbocycles. The number of pyridine rings is 1. The summed E-state index contributed by atoms with van der Waals surface area (Å²) in [5.41, 5.74) is 14.0. The molecular formula is C53H34N2. The Labute approximate surface area is 319 Å². The Hall–Kier alpha value is -7.29. The second kappa shape index (κ2) is 12.7. The van der Waals surface area contributed by atoms with Crippen LogP contribution in [0.5, 0.6) is 0 Å². The van der Waals surface area contributed by atoms with Crippen molar-refractivity contribution < 1.29 is 0 Å². The molecular weight excluding hydrogens is 665 g/mol. The van der Waals surface area contributed by atoms with Crippen molar-refractivity contribution in [2.75, 3.05) is 0 Å². The minimum absolute atomic E-state index is 1.00. The molecule has 0 aliphatic rings. The van der Waals surface area contributed by atoms with E-state index >= 15 is 0 Å². The molecule has 0 saturated carbocycles. The largest absolute Gasteiger partial charge is 0.308 e. The number of benzene rings is 9. The second-order valence-corrected chi connectivity index (χ2v) is 14.3. The maximum atomic E-state index is 4.92. The van der Waals surface area contributed by atoms with Gasteiger partial charge in [0.25, 0.3) is 0 Å². The third-order valence-corrected chi connectivity index (χ3v) is 11.2. The van der Waals surface area contributed by atoms with Crippen molar-refractivity contribution in [2.45, 2.75) is 0 Å². The number of rotatable bonds is 5. The van der Waals surface area contributed by atoms with E-state index in [-0.39, 0.29) is 0 Å². The van der Waals surface area contributed by atoms with Gasteiger partial charge in [0, 0.05) is 17.3 Å². The SMILES string of the molecule is c1ccc(-c2cc(-c3ccc4c(c3)c3ncccc3n4-c3ccccc3)cc(-c3c4ccccc4c(-c4ccc5ccccc5c4)c4ccccc34)c2)cc1. The van der Waals surface area contributed by atoms with Crippen molar-refractivity contribution in [3.8, 4) is 50.2 Å². The van der Waals surface area contributed by atoms with Gasteiger partial charge >= 0.3 is 0 Å². The molecule has 11 aromatic rings. The summed E-state index contributed by atoms with van der Waals surface area (Å²) in [5, 5.41) is 8.62. The van der Waals surface area contributed by atoms with Crippen molar-refractivity contribution in [1.82, 2.24) is 9.55 Å². The molecule has 2 heteroatoms. The molecule has 9 aromatic carbocycles. The third-order valence-electron chi connectivity index (χ3n) is 11.2. The molecule has 2 heterocycles. The van der Waals surface area contributed by atoms with Gasteiger partial charge in [0.05, 0.1) is 16.6 Å². The van der Waals surface area contributed by atoms with E-state index in [2.05, 4.69) is 199 Å². The summed E-state index contributed by atoms with van der Waals surface area (Å²) in [6.45, 7) is 0. The molecule has 0 unspecified atom stereocenters. The van der Waals surface area contributed by atoms with Crippen molar-refractivity contribution in [1.29, 1.82) is 0 Å². The molecule has 0 atom stereocenters. The lowest BCUT2D eigenvalue weighted by Crippen LogP contribution is -1.93. The lowest BCUT2D eigenvalue weighted by Gasteiger charge is -2.19. The topological polar surface area (TPSA) is 17.8 Å². The van der Waals surface area contributed by atoms with Crippen LogP contribution in [0.15, 0.2) is 206 Å². The van der Waals surface area contributed by atoms with Crippen LogP contribution in [0.4, 0.5) is 0 Å². The smallest absolute Gasteiger partial charge is 0.0963 e. The Morgan fingerprint density at radius 1 is 0.309 bits per heavy atom. The number of hydrogen-bond donors (Lipinski definition) is 0. The van der Waals surface area contributed by atoms with E-state index in [4.69, 9.17) is 4.98 Å². The molecule has 0 bridgehead atoms. The average molecular weight is 699 g/mol. The predicted molar refractivity (Wildman–Crippen MR) is 233 cm³/mol. The standard InChI is InChI=1S/C53H34N2/c1-3-14-35(15-4-1)40-31-41(38-27-28-49-48(34-38)53-50(24-13-29-54-53)55(49)43-18-5-2-6-19-43)33-42(32-40)52-46-22-11-9-20-44(46)51(45-21-10-12-23-47(45)52)39-26-25-36-16-7-8-17-37(36)30-39/h1-34H. The minimum Gasteiger partial charge on any atom is -0.308 e. The predicted octanol–water partition coefficient (Wildman–Crippen LogP) is 14.3. The molecule has 0 saturated heterocycles. The molecule has 0 radical (unpaired) electrons. The van der Waals surface area contributed by atoms with Crippen LogP contribution >= 0.6 is 0 Å². The fourth-order valence-corrected chi connectivity index (χ4v) is 8.70. The van der Waals surface area contributed by atoms with E-state index in [1.165, 1.54) is 71.3 Å². The fourth-order valence-electron chi connectivity index (χ4n) is 8.70. The number of para-hydroxylation sites is 1. The number of nitrogens with zero attached hydrogens (tertiary/aromatic N) is 2. The van der Waals surface area contributed by atoms with Crippen LogP contribution < -0.4 is 0 Å². The third kappa shape index (κ3) is 5.15. The van der Waals surface area contributed by atoms with E-state index in [0.717, 1.165) is 33.2 Å². The van der Waals surface area contributed by atoms with Crippen molar-refractivity contribution >= 4 is 54.3 Å². The highest BCUT2D eigenvalue weighted by molar-refractivity contribution is 6.22. The van der Waals surface area contributed by atoms with Crippen LogP contribution in [-0.4, -0.2) is 9.55 Å². The number of aromatic nitrogens is 2. The van der Waals surface area contributed by atoms with Crippen LogP contribution in [-0.2, 0) is 0 Å². The first-order valence-corrected chi connectivity index (χ1v) is 18.9. The van der Waals surface area contributed by atoms with Crippen molar-refractivity contribution in [2.24, 2.45) is 0 Å². The van der Waals surface area contributed by atoms with E-state index < -0.39 is 0 Å². The molecule has 256 valence electrons. The maximum Gasteiger partial charge on any atom is 0.0963 e. The van der Waals surface area contributed by atoms with Crippen LogP contribution in [0.1, 0.15) is 0 Å². The van der Waals surface area contributed by atoms with Crippen LogP contribution in [0.3, 0.4) is 0 Å². The highest BCUT2D eigenvalue weighted by atomic mass is 15.0. The van der Waals surface area contributed by atoms with Gasteiger partial charge in [-0.3, -0.25) is 4.98 Å². The Morgan fingerprint density at radius 3 is 1.58 bits per heavy atom. The van der Waals surface area contributed by atoms with Gasteiger partial charge in [0.1, 0.15) is 0 Å². The molecule has 2 nitrogen and oxygen atoms in total. The minimum atomic E-state index is 1.00. The van der Waals surface area contributed by atoms with Crippen molar-refractivity contribution in [3.05, 3.63) is 206 Å². The molecule has 0 amide bonds. The molecule has 0 fully saturated rings. The highest BCUT2D eigenvalue weighted by Crippen LogP contribution is 2.46. The van der Waals surface area contributed by atoms with Gasteiger partial charge in [0.2, 0.25) is 0 Å². The summed E-state index contributed by atoms with van der Waals surface area (Å²) in [5.74, 6) is 0. The van der Waals surface area contributed by atoms with E-state index in [1.54, 1.807) is 0 Å². The zero-order valence-electron chi connectivity index (χ0n) is 30.0. The lowest BCUT2D eigenvalue weighted by atomic mass is 9.84. The van der Waals surface area contributed by atoms with Gasteiger partial charge in [-0.25, -0.2) is 0 Å². The molecule has 2 aromatic heterocycles. The Kier molecular flexibility index (Phi) is 7.21. The Balaban J connectivity index is 1.18. The Bertz CT molecular complexity index is 3190. The van der Waals surface area contributed by atoms with Gasteiger partial charge in [-0.05, 0) is 137 Å². The number of fused-ring (bicyclic) bond motifs is 6. The normalized spacial score (nSPS) is 11.6.